The molecule has 11 nitrogen and oxygen atoms in total. The van der Waals surface area contributed by atoms with E-state index in [2.05, 4.69) is 33.0 Å². The van der Waals surface area contributed by atoms with Crippen LogP contribution in [0.4, 0.5) is 5.82 Å². The highest BCUT2D eigenvalue weighted by molar-refractivity contribution is 7.89. The zero-order valence-corrected chi connectivity index (χ0v) is 26.4. The van der Waals surface area contributed by atoms with Crippen LogP contribution < -0.4 is 9.64 Å². The van der Waals surface area contributed by atoms with Gasteiger partial charge in [-0.15, -0.1) is 0 Å². The first-order chi connectivity index (χ1) is 22.3. The molecular weight excluding hydrogens is 600 g/mol. The van der Waals surface area contributed by atoms with E-state index in [0.717, 1.165) is 52.2 Å². The molecule has 0 amide bonds. The Morgan fingerprint density at radius 2 is 1.78 bits per heavy atom. The molecule has 232 valence electrons. The maximum atomic E-state index is 13.4. The molecule has 0 unspecified atom stereocenters. The first kappa shape index (κ1) is 29.5. The van der Waals surface area contributed by atoms with Gasteiger partial charge in [-0.2, -0.15) is 19.8 Å². The molecule has 1 aromatic carbocycles. The smallest absolute Gasteiger partial charge is 0.215 e. The Hall–Kier alpha value is -5.17. The lowest BCUT2D eigenvalue weighted by Gasteiger charge is -2.35. The molecule has 0 N–H and O–H groups in total. The Bertz CT molecular complexity index is 2140. The third-order valence-electron chi connectivity index (χ3n) is 8.64. The van der Waals surface area contributed by atoms with Gasteiger partial charge in [0, 0.05) is 85.0 Å². The number of sulfonamides is 1. The summed E-state index contributed by atoms with van der Waals surface area (Å²) in [5, 5.41) is 18.4. The molecule has 46 heavy (non-hydrogen) atoms. The van der Waals surface area contributed by atoms with Crippen molar-refractivity contribution in [1.29, 1.82) is 5.26 Å². The maximum absolute atomic E-state index is 13.4. The van der Waals surface area contributed by atoms with Crippen molar-refractivity contribution < 1.29 is 13.2 Å². The number of fused-ring (bicyclic) bond motifs is 1. The molecule has 4 aromatic heterocycles. The fourth-order valence-corrected chi connectivity index (χ4v) is 7.84. The van der Waals surface area contributed by atoms with E-state index in [-0.39, 0.29) is 5.75 Å². The lowest BCUT2D eigenvalue weighted by atomic mass is 10.0. The average Bonchev–Trinajstić information content (AvgIpc) is 3.47. The Morgan fingerprint density at radius 3 is 2.46 bits per heavy atom. The van der Waals surface area contributed by atoms with Crippen LogP contribution in [0.1, 0.15) is 24.0 Å². The molecule has 1 aliphatic heterocycles. The van der Waals surface area contributed by atoms with Crippen LogP contribution in [0.2, 0.25) is 0 Å². The molecule has 5 aromatic rings. The highest BCUT2D eigenvalue weighted by Crippen LogP contribution is 2.46. The van der Waals surface area contributed by atoms with Crippen LogP contribution in [-0.4, -0.2) is 76.1 Å². The lowest BCUT2D eigenvalue weighted by Crippen LogP contribution is -2.50. The predicted molar refractivity (Wildman–Crippen MR) is 174 cm³/mol. The van der Waals surface area contributed by atoms with Gasteiger partial charge in [-0.1, -0.05) is 17.9 Å². The molecule has 1 aliphatic carbocycles. The van der Waals surface area contributed by atoms with Gasteiger partial charge in [0.1, 0.15) is 17.6 Å². The van der Waals surface area contributed by atoms with Gasteiger partial charge in [-0.3, -0.25) is 4.68 Å². The maximum Gasteiger partial charge on any atom is 0.215 e. The number of aryl methyl sites for hydroxylation is 1. The van der Waals surface area contributed by atoms with Crippen molar-refractivity contribution in [2.24, 2.45) is 12.5 Å². The number of piperazine rings is 1. The van der Waals surface area contributed by atoms with Crippen molar-refractivity contribution in [1.82, 2.24) is 28.7 Å². The summed E-state index contributed by atoms with van der Waals surface area (Å²) < 4.78 is 37.2. The van der Waals surface area contributed by atoms with Crippen molar-refractivity contribution in [3.8, 4) is 45.9 Å². The monoisotopic (exact) mass is 632 g/mol. The Morgan fingerprint density at radius 1 is 0.957 bits per heavy atom. The quantitative estimate of drug-likeness (QED) is 0.247. The largest absolute Gasteiger partial charge is 0.497 e. The molecule has 12 heteroatoms. The molecule has 2 aliphatic rings. The standard InChI is InChI=1S/C34H32N8O3S/c1-39-22-29(21-37-39)27-17-31(33-28(18-35)20-38-42(33)23-27)26-6-7-32(36-19-26)40-12-14-41(15-13-40)46(43,44)24-34(10-11-34)9-8-25-4-3-5-30(16-25)45-2/h3-7,16-17,19-23H,10-15,24H2,1-2H3. The topological polar surface area (TPSA) is 122 Å². The zero-order valence-electron chi connectivity index (χ0n) is 25.6. The number of benzene rings is 1. The van der Waals surface area contributed by atoms with Crippen LogP contribution >= 0.6 is 0 Å². The second kappa shape index (κ2) is 11.6. The van der Waals surface area contributed by atoms with Gasteiger partial charge < -0.3 is 9.64 Å². The van der Waals surface area contributed by atoms with Crippen molar-refractivity contribution in [3.63, 3.8) is 0 Å². The van der Waals surface area contributed by atoms with Gasteiger partial charge >= 0.3 is 0 Å². The number of aromatic nitrogens is 5. The summed E-state index contributed by atoms with van der Waals surface area (Å²) in [6, 6.07) is 15.7. The van der Waals surface area contributed by atoms with E-state index in [1.165, 1.54) is 0 Å². The number of pyridine rings is 2. The molecule has 2 fully saturated rings. The summed E-state index contributed by atoms with van der Waals surface area (Å²) in [5.41, 5.74) is 5.07. The minimum atomic E-state index is -3.47. The molecular formula is C34H32N8O3S. The predicted octanol–water partition coefficient (Wildman–Crippen LogP) is 3.96. The van der Waals surface area contributed by atoms with Crippen molar-refractivity contribution in [2.75, 3.05) is 43.9 Å². The van der Waals surface area contributed by atoms with E-state index in [0.29, 0.717) is 37.3 Å². The average molecular weight is 633 g/mol. The number of ether oxygens (including phenoxy) is 1. The summed E-state index contributed by atoms with van der Waals surface area (Å²) in [7, 11) is 0.00680. The van der Waals surface area contributed by atoms with Gasteiger partial charge in [-0.25, -0.2) is 17.9 Å². The van der Waals surface area contributed by atoms with Crippen LogP contribution in [0.5, 0.6) is 5.75 Å². The summed E-state index contributed by atoms with van der Waals surface area (Å²) in [4.78, 5) is 6.86. The van der Waals surface area contributed by atoms with Crippen LogP contribution in [0.3, 0.4) is 0 Å². The van der Waals surface area contributed by atoms with E-state index in [9.17, 15) is 13.7 Å². The number of hydrogen-bond acceptors (Lipinski definition) is 8. The van der Waals surface area contributed by atoms with Crippen LogP contribution in [0.15, 0.2) is 73.4 Å². The molecule has 0 radical (unpaired) electrons. The summed E-state index contributed by atoms with van der Waals surface area (Å²) >= 11 is 0. The number of anilines is 1. The van der Waals surface area contributed by atoms with E-state index >= 15 is 0 Å². The number of hydrogen-bond donors (Lipinski definition) is 0. The van der Waals surface area contributed by atoms with E-state index in [4.69, 9.17) is 9.72 Å². The number of nitrogens with zero attached hydrogens (tertiary/aromatic N) is 8. The molecule has 0 spiro atoms. The third-order valence-corrected chi connectivity index (χ3v) is 10.7. The van der Waals surface area contributed by atoms with Crippen molar-refractivity contribution in [3.05, 3.63) is 84.6 Å². The number of methoxy groups -OCH3 is 1. The zero-order chi connectivity index (χ0) is 31.9. The number of nitriles is 1. The normalized spacial score (nSPS) is 16.1. The molecule has 5 heterocycles. The Kier molecular flexibility index (Phi) is 7.47. The molecule has 0 bridgehead atoms. The molecule has 1 saturated carbocycles. The lowest BCUT2D eigenvalue weighted by molar-refractivity contribution is 0.381. The Labute approximate surface area is 267 Å². The van der Waals surface area contributed by atoms with Gasteiger partial charge in [0.2, 0.25) is 10.0 Å². The fraction of sp³-hybridized carbons (Fsp3) is 0.294. The minimum Gasteiger partial charge on any atom is -0.497 e. The van der Waals surface area contributed by atoms with Crippen LogP contribution in [-0.2, 0) is 17.1 Å². The van der Waals surface area contributed by atoms with Gasteiger partial charge in [-0.05, 0) is 49.2 Å². The molecule has 0 atom stereocenters. The summed E-state index contributed by atoms with van der Waals surface area (Å²) in [6.45, 7) is 1.85. The number of rotatable bonds is 7. The minimum absolute atomic E-state index is 0.0375. The highest BCUT2D eigenvalue weighted by atomic mass is 32.2. The van der Waals surface area contributed by atoms with E-state index in [1.807, 2.05) is 61.9 Å². The molecule has 7 rings (SSSR count). The molecule has 1 saturated heterocycles. The highest BCUT2D eigenvalue weighted by Gasteiger charge is 2.46. The van der Waals surface area contributed by atoms with Crippen LogP contribution in [0.25, 0.3) is 27.8 Å². The van der Waals surface area contributed by atoms with Gasteiger partial charge in [0.05, 0.1) is 36.3 Å². The SMILES string of the molecule is COc1cccc(C#CC2(CS(=O)(=O)N3CCN(c4ccc(-c5cc(-c6cnn(C)c6)cn6ncc(C#N)c56)cn4)CC3)CC2)c1. The van der Waals surface area contributed by atoms with Gasteiger partial charge in [0.15, 0.2) is 0 Å². The summed E-state index contributed by atoms with van der Waals surface area (Å²) in [6.07, 6.45) is 10.6. The van der Waals surface area contributed by atoms with Crippen molar-refractivity contribution in [2.45, 2.75) is 12.8 Å². The summed E-state index contributed by atoms with van der Waals surface area (Å²) in [5.74, 6) is 7.96. The second-order valence-corrected chi connectivity index (χ2v) is 13.8. The van der Waals surface area contributed by atoms with Crippen molar-refractivity contribution >= 4 is 21.4 Å². The first-order valence-electron chi connectivity index (χ1n) is 15.0. The third kappa shape index (κ3) is 5.81. The second-order valence-electron chi connectivity index (χ2n) is 11.8. The van der Waals surface area contributed by atoms with Crippen LogP contribution in [0, 0.1) is 28.6 Å². The van der Waals surface area contributed by atoms with E-state index in [1.54, 1.807) is 39.2 Å². The Balaban J connectivity index is 1.05. The van der Waals surface area contributed by atoms with Gasteiger partial charge in [0.25, 0.3) is 0 Å². The first-order valence-corrected chi connectivity index (χ1v) is 16.6. The van der Waals surface area contributed by atoms with E-state index < -0.39 is 15.4 Å². The fourth-order valence-electron chi connectivity index (χ4n) is 5.88.